The van der Waals surface area contributed by atoms with Crippen LogP contribution >= 0.6 is 11.8 Å². The van der Waals surface area contributed by atoms with E-state index in [0.717, 1.165) is 18.5 Å². The van der Waals surface area contributed by atoms with Crippen molar-refractivity contribution in [3.05, 3.63) is 47.7 Å². The van der Waals surface area contributed by atoms with Crippen LogP contribution in [0.3, 0.4) is 0 Å². The summed E-state index contributed by atoms with van der Waals surface area (Å²) in [5, 5.41) is 7.94. The van der Waals surface area contributed by atoms with Gasteiger partial charge in [0.05, 0.1) is 17.8 Å². The molecule has 0 radical (unpaired) electrons. The molecule has 3 rings (SSSR count). The van der Waals surface area contributed by atoms with Crippen LogP contribution in [-0.2, 0) is 0 Å². The van der Waals surface area contributed by atoms with Crippen LogP contribution in [-0.4, -0.2) is 46.0 Å². The van der Waals surface area contributed by atoms with E-state index in [1.165, 1.54) is 0 Å². The van der Waals surface area contributed by atoms with Gasteiger partial charge in [-0.3, -0.25) is 4.79 Å². The molecule has 1 fully saturated rings. The molecule has 8 heteroatoms. The van der Waals surface area contributed by atoms with Gasteiger partial charge in [0.1, 0.15) is 6.10 Å². The van der Waals surface area contributed by atoms with Gasteiger partial charge in [-0.25, -0.2) is 0 Å². The summed E-state index contributed by atoms with van der Waals surface area (Å²) in [6.07, 6.45) is 1.38. The Hall–Kier alpha value is -2.22. The van der Waals surface area contributed by atoms with Crippen molar-refractivity contribution in [1.29, 1.82) is 0 Å². The molecule has 2 aromatic rings. The quantitative estimate of drug-likeness (QED) is 0.740. The zero-order chi connectivity index (χ0) is 18.5. The third kappa shape index (κ3) is 4.69. The van der Waals surface area contributed by atoms with Gasteiger partial charge < -0.3 is 9.64 Å². The van der Waals surface area contributed by atoms with E-state index in [2.05, 4.69) is 10.2 Å². The highest BCUT2D eigenvalue weighted by atomic mass is 32.2. The molecule has 0 aliphatic carbocycles. The van der Waals surface area contributed by atoms with Crippen LogP contribution in [0.5, 0.6) is 5.88 Å². The SMILES string of the molecule is Cc1ccc(OC2CCCN(C(=O)c3ccccc3SC(F)F)C2)nn1. The second-order valence-corrected chi connectivity index (χ2v) is 7.05. The second-order valence-electron chi connectivity index (χ2n) is 6.02. The summed E-state index contributed by atoms with van der Waals surface area (Å²) in [4.78, 5) is 14.8. The predicted molar refractivity (Wildman–Crippen MR) is 94.6 cm³/mol. The molecule has 1 atom stereocenters. The summed E-state index contributed by atoms with van der Waals surface area (Å²) in [5.41, 5.74) is 1.10. The Kier molecular flexibility index (Phi) is 6.03. The van der Waals surface area contributed by atoms with Crippen LogP contribution in [0.2, 0.25) is 0 Å². The fourth-order valence-electron chi connectivity index (χ4n) is 2.85. The molecule has 5 nitrogen and oxygen atoms in total. The van der Waals surface area contributed by atoms with E-state index in [1.54, 1.807) is 35.2 Å². The minimum absolute atomic E-state index is 0.195. The van der Waals surface area contributed by atoms with Crippen molar-refractivity contribution in [3.8, 4) is 5.88 Å². The van der Waals surface area contributed by atoms with Crippen molar-refractivity contribution < 1.29 is 18.3 Å². The highest BCUT2D eigenvalue weighted by Gasteiger charge is 2.27. The summed E-state index contributed by atoms with van der Waals surface area (Å²) in [6.45, 7) is 2.81. The average Bonchev–Trinajstić information content (AvgIpc) is 2.63. The van der Waals surface area contributed by atoms with Crippen molar-refractivity contribution in [2.75, 3.05) is 13.1 Å². The molecule has 0 N–H and O–H groups in total. The fourth-order valence-corrected chi connectivity index (χ4v) is 3.48. The lowest BCUT2D eigenvalue weighted by molar-refractivity contribution is 0.0522. The van der Waals surface area contributed by atoms with E-state index in [4.69, 9.17) is 4.74 Å². The Bertz CT molecular complexity index is 758. The number of aromatic nitrogens is 2. The van der Waals surface area contributed by atoms with Crippen molar-refractivity contribution >= 4 is 17.7 Å². The molecule has 0 saturated carbocycles. The van der Waals surface area contributed by atoms with Gasteiger partial charge in [0.15, 0.2) is 0 Å². The first-order chi connectivity index (χ1) is 12.5. The summed E-state index contributed by atoms with van der Waals surface area (Å²) in [7, 11) is 0. The smallest absolute Gasteiger partial charge is 0.288 e. The molecule has 1 amide bonds. The third-order valence-electron chi connectivity index (χ3n) is 4.06. The maximum atomic E-state index is 12.8. The average molecular weight is 379 g/mol. The zero-order valence-corrected chi connectivity index (χ0v) is 15.1. The van der Waals surface area contributed by atoms with E-state index in [9.17, 15) is 13.6 Å². The number of piperidine rings is 1. The molecule has 1 aliphatic heterocycles. The van der Waals surface area contributed by atoms with Gasteiger partial charge in [-0.2, -0.15) is 13.9 Å². The fraction of sp³-hybridized carbons (Fsp3) is 0.389. The highest BCUT2D eigenvalue weighted by Crippen LogP contribution is 2.30. The van der Waals surface area contributed by atoms with Crippen molar-refractivity contribution in [3.63, 3.8) is 0 Å². The minimum Gasteiger partial charge on any atom is -0.471 e. The van der Waals surface area contributed by atoms with Crippen molar-refractivity contribution in [1.82, 2.24) is 15.1 Å². The number of aryl methyl sites for hydroxylation is 1. The van der Waals surface area contributed by atoms with Gasteiger partial charge in [0.25, 0.3) is 11.7 Å². The van der Waals surface area contributed by atoms with Gasteiger partial charge in [-0.05, 0) is 38.0 Å². The lowest BCUT2D eigenvalue weighted by atomic mass is 10.1. The molecule has 1 aromatic heterocycles. The van der Waals surface area contributed by atoms with Crippen LogP contribution in [0.4, 0.5) is 8.78 Å². The zero-order valence-electron chi connectivity index (χ0n) is 14.3. The lowest BCUT2D eigenvalue weighted by Crippen LogP contribution is -2.44. The van der Waals surface area contributed by atoms with Crippen molar-refractivity contribution in [2.24, 2.45) is 0 Å². The number of carbonyl (C=O) groups excluding carboxylic acids is 1. The molecule has 26 heavy (non-hydrogen) atoms. The number of alkyl halides is 2. The molecule has 138 valence electrons. The van der Waals surface area contributed by atoms with E-state index < -0.39 is 5.76 Å². The highest BCUT2D eigenvalue weighted by molar-refractivity contribution is 7.99. The molecule has 0 bridgehead atoms. The predicted octanol–water partition coefficient (Wildman–Crippen LogP) is 3.78. The van der Waals surface area contributed by atoms with Crippen LogP contribution in [0.1, 0.15) is 28.9 Å². The second kappa shape index (κ2) is 8.44. The van der Waals surface area contributed by atoms with E-state index in [1.807, 2.05) is 13.0 Å². The topological polar surface area (TPSA) is 55.3 Å². The van der Waals surface area contributed by atoms with Gasteiger partial charge in [-0.1, -0.05) is 23.9 Å². The molecule has 1 aliphatic rings. The molecule has 2 heterocycles. The number of nitrogens with zero attached hydrogens (tertiary/aromatic N) is 3. The standard InChI is InChI=1S/C18H19F2N3O2S/c1-12-8-9-16(22-21-12)25-13-5-4-10-23(11-13)17(24)14-6-2-3-7-15(14)26-18(19)20/h2-3,6-9,13,18H,4-5,10-11H2,1H3. The van der Waals surface area contributed by atoms with Gasteiger partial charge in [0, 0.05) is 17.5 Å². The first kappa shape index (κ1) is 18.6. The number of thioether (sulfide) groups is 1. The summed E-state index contributed by atoms with van der Waals surface area (Å²) >= 11 is 0.392. The molecule has 1 saturated heterocycles. The lowest BCUT2D eigenvalue weighted by Gasteiger charge is -2.33. The van der Waals surface area contributed by atoms with E-state index in [0.29, 0.717) is 41.2 Å². The number of ether oxygens (including phenoxy) is 1. The van der Waals surface area contributed by atoms with E-state index >= 15 is 0 Å². The van der Waals surface area contributed by atoms with Crippen molar-refractivity contribution in [2.45, 2.75) is 36.5 Å². The molecular weight excluding hydrogens is 360 g/mol. The van der Waals surface area contributed by atoms with Crippen LogP contribution in [0, 0.1) is 6.92 Å². The Balaban J connectivity index is 1.69. The normalized spacial score (nSPS) is 17.4. The van der Waals surface area contributed by atoms with Gasteiger partial charge in [0.2, 0.25) is 5.88 Å². The molecule has 0 spiro atoms. The summed E-state index contributed by atoms with van der Waals surface area (Å²) < 4.78 is 31.3. The first-order valence-electron chi connectivity index (χ1n) is 8.33. The number of rotatable bonds is 5. The number of amides is 1. The summed E-state index contributed by atoms with van der Waals surface area (Å²) in [5.74, 6) is -2.40. The number of hydrogen-bond donors (Lipinski definition) is 0. The number of likely N-dealkylation sites (tertiary alicyclic amines) is 1. The van der Waals surface area contributed by atoms with Gasteiger partial charge in [-0.15, -0.1) is 5.10 Å². The number of benzene rings is 1. The maximum absolute atomic E-state index is 12.8. The van der Waals surface area contributed by atoms with E-state index in [-0.39, 0.29) is 12.0 Å². The Morgan fingerprint density at radius 1 is 1.27 bits per heavy atom. The van der Waals surface area contributed by atoms with Crippen LogP contribution in [0.15, 0.2) is 41.3 Å². The Labute approximate surface area is 154 Å². The molecular formula is C18H19F2N3O2S. The minimum atomic E-state index is -2.57. The largest absolute Gasteiger partial charge is 0.471 e. The first-order valence-corrected chi connectivity index (χ1v) is 9.21. The molecule has 1 unspecified atom stereocenters. The number of carbonyl (C=O) groups is 1. The Morgan fingerprint density at radius 3 is 2.81 bits per heavy atom. The van der Waals surface area contributed by atoms with Crippen LogP contribution < -0.4 is 4.74 Å². The maximum Gasteiger partial charge on any atom is 0.288 e. The Morgan fingerprint density at radius 2 is 2.08 bits per heavy atom. The van der Waals surface area contributed by atoms with Crippen LogP contribution in [0.25, 0.3) is 0 Å². The van der Waals surface area contributed by atoms with Gasteiger partial charge >= 0.3 is 0 Å². The number of halogens is 2. The molecule has 1 aromatic carbocycles. The third-order valence-corrected chi connectivity index (χ3v) is 4.85. The number of hydrogen-bond acceptors (Lipinski definition) is 5. The summed E-state index contributed by atoms with van der Waals surface area (Å²) in [6, 6.07) is 10.0. The monoisotopic (exact) mass is 379 g/mol.